The number of rotatable bonds is 8. The molecule has 4 heteroatoms. The Morgan fingerprint density at radius 3 is 2.80 bits per heavy atom. The predicted molar refractivity (Wildman–Crippen MR) is 82.0 cm³/mol. The molecule has 0 aromatic carbocycles. The average molecular weight is 284 g/mol. The summed E-state index contributed by atoms with van der Waals surface area (Å²) in [6.45, 7) is 11.6. The highest BCUT2D eigenvalue weighted by Crippen LogP contribution is 2.29. The molecule has 2 unspecified atom stereocenters. The van der Waals surface area contributed by atoms with Crippen molar-refractivity contribution >= 4 is 0 Å². The van der Waals surface area contributed by atoms with Crippen molar-refractivity contribution in [1.82, 2.24) is 10.2 Å². The number of nitrogens with one attached hydrogen (secondary N) is 1. The Kier molecular flexibility index (Phi) is 6.27. The fraction of sp³-hybridized carbons (Fsp3) is 1.00. The van der Waals surface area contributed by atoms with E-state index in [1.165, 1.54) is 19.3 Å². The predicted octanol–water partition coefficient (Wildman–Crippen LogP) is 1.75. The second-order valence-corrected chi connectivity index (χ2v) is 7.16. The number of likely N-dealkylation sites (N-methyl/N-ethyl adjacent to an activating group) is 1. The fourth-order valence-corrected chi connectivity index (χ4v) is 3.37. The Morgan fingerprint density at radius 2 is 2.20 bits per heavy atom. The smallest absolute Gasteiger partial charge is 0.0702 e. The van der Waals surface area contributed by atoms with Gasteiger partial charge in [-0.05, 0) is 38.8 Å². The van der Waals surface area contributed by atoms with Crippen LogP contribution >= 0.6 is 0 Å². The minimum Gasteiger partial charge on any atom is -0.381 e. The highest BCUT2D eigenvalue weighted by Gasteiger charge is 2.36. The molecule has 2 aliphatic heterocycles. The van der Waals surface area contributed by atoms with Gasteiger partial charge in [-0.1, -0.05) is 13.8 Å². The summed E-state index contributed by atoms with van der Waals surface area (Å²) >= 11 is 0. The van der Waals surface area contributed by atoms with E-state index in [0.29, 0.717) is 17.4 Å². The van der Waals surface area contributed by atoms with E-state index in [1.807, 2.05) is 0 Å². The van der Waals surface area contributed by atoms with E-state index < -0.39 is 0 Å². The molecule has 118 valence electrons. The van der Waals surface area contributed by atoms with Crippen molar-refractivity contribution in [3.8, 4) is 0 Å². The SMILES string of the molecule is CC(C)CNCC1(CN(C)CC2CCCO2)CCOC1. The molecule has 2 fully saturated rings. The number of nitrogens with zero attached hydrogens (tertiary/aromatic N) is 1. The van der Waals surface area contributed by atoms with Crippen LogP contribution in [0.15, 0.2) is 0 Å². The van der Waals surface area contributed by atoms with E-state index in [2.05, 4.69) is 31.1 Å². The van der Waals surface area contributed by atoms with Crippen molar-refractivity contribution in [2.45, 2.75) is 39.2 Å². The van der Waals surface area contributed by atoms with E-state index in [9.17, 15) is 0 Å². The largest absolute Gasteiger partial charge is 0.381 e. The zero-order chi connectivity index (χ0) is 14.4. The molecular weight excluding hydrogens is 252 g/mol. The maximum atomic E-state index is 5.75. The third kappa shape index (κ3) is 4.99. The highest BCUT2D eigenvalue weighted by molar-refractivity contribution is 4.88. The molecule has 0 aromatic heterocycles. The van der Waals surface area contributed by atoms with Gasteiger partial charge in [0.05, 0.1) is 12.7 Å². The molecule has 2 aliphatic rings. The number of hydrogen-bond donors (Lipinski definition) is 1. The van der Waals surface area contributed by atoms with Gasteiger partial charge in [0.2, 0.25) is 0 Å². The normalized spacial score (nSPS) is 30.8. The van der Waals surface area contributed by atoms with Gasteiger partial charge in [0.25, 0.3) is 0 Å². The van der Waals surface area contributed by atoms with Gasteiger partial charge in [-0.15, -0.1) is 0 Å². The van der Waals surface area contributed by atoms with Gasteiger partial charge >= 0.3 is 0 Å². The van der Waals surface area contributed by atoms with Gasteiger partial charge < -0.3 is 19.7 Å². The first-order valence-corrected chi connectivity index (χ1v) is 8.18. The topological polar surface area (TPSA) is 33.7 Å². The molecular formula is C16H32N2O2. The van der Waals surface area contributed by atoms with Crippen molar-refractivity contribution in [2.75, 3.05) is 53.0 Å². The van der Waals surface area contributed by atoms with Gasteiger partial charge in [0.15, 0.2) is 0 Å². The van der Waals surface area contributed by atoms with Gasteiger partial charge in [-0.25, -0.2) is 0 Å². The summed E-state index contributed by atoms with van der Waals surface area (Å²) in [6.07, 6.45) is 4.07. The van der Waals surface area contributed by atoms with Crippen LogP contribution in [0, 0.1) is 11.3 Å². The zero-order valence-corrected chi connectivity index (χ0v) is 13.5. The first-order valence-electron chi connectivity index (χ1n) is 8.18. The molecule has 0 aromatic rings. The number of ether oxygens (including phenoxy) is 2. The molecule has 4 nitrogen and oxygen atoms in total. The van der Waals surface area contributed by atoms with E-state index >= 15 is 0 Å². The molecule has 0 spiro atoms. The Hall–Kier alpha value is -0.160. The molecule has 2 saturated heterocycles. The lowest BCUT2D eigenvalue weighted by molar-refractivity contribution is 0.0592. The fourth-order valence-electron chi connectivity index (χ4n) is 3.37. The second-order valence-electron chi connectivity index (χ2n) is 7.16. The summed E-state index contributed by atoms with van der Waals surface area (Å²) in [5, 5.41) is 3.63. The molecule has 2 atom stereocenters. The van der Waals surface area contributed by atoms with Crippen LogP contribution in [0.3, 0.4) is 0 Å². The van der Waals surface area contributed by atoms with Crippen molar-refractivity contribution < 1.29 is 9.47 Å². The lowest BCUT2D eigenvalue weighted by Gasteiger charge is -2.33. The zero-order valence-electron chi connectivity index (χ0n) is 13.5. The minimum atomic E-state index is 0.294. The summed E-state index contributed by atoms with van der Waals surface area (Å²) < 4.78 is 11.4. The Labute approximate surface area is 124 Å². The highest BCUT2D eigenvalue weighted by atomic mass is 16.5. The van der Waals surface area contributed by atoms with Gasteiger partial charge in [-0.2, -0.15) is 0 Å². The Balaban J connectivity index is 1.77. The van der Waals surface area contributed by atoms with E-state index in [0.717, 1.165) is 46.0 Å². The standard InChI is InChI=1S/C16H32N2O2/c1-14(2)9-17-11-16(6-8-19-13-16)12-18(3)10-15-5-4-7-20-15/h14-15,17H,4-13H2,1-3H3. The van der Waals surface area contributed by atoms with E-state index in [-0.39, 0.29) is 0 Å². The van der Waals surface area contributed by atoms with Crippen LogP contribution in [0.2, 0.25) is 0 Å². The lowest BCUT2D eigenvalue weighted by Crippen LogP contribution is -2.45. The monoisotopic (exact) mass is 284 g/mol. The molecule has 0 amide bonds. The van der Waals surface area contributed by atoms with Crippen LogP contribution in [0.5, 0.6) is 0 Å². The number of hydrogen-bond acceptors (Lipinski definition) is 4. The van der Waals surface area contributed by atoms with Crippen LogP contribution in [-0.4, -0.2) is 64.1 Å². The van der Waals surface area contributed by atoms with E-state index in [1.54, 1.807) is 0 Å². The van der Waals surface area contributed by atoms with Crippen LogP contribution in [0.25, 0.3) is 0 Å². The van der Waals surface area contributed by atoms with Gasteiger partial charge in [0, 0.05) is 38.3 Å². The maximum Gasteiger partial charge on any atom is 0.0702 e. The van der Waals surface area contributed by atoms with Crippen LogP contribution in [0.4, 0.5) is 0 Å². The molecule has 2 heterocycles. The second kappa shape index (κ2) is 7.74. The Morgan fingerprint density at radius 1 is 1.35 bits per heavy atom. The van der Waals surface area contributed by atoms with Crippen LogP contribution in [-0.2, 0) is 9.47 Å². The maximum absolute atomic E-state index is 5.75. The van der Waals surface area contributed by atoms with Gasteiger partial charge in [0.1, 0.15) is 0 Å². The minimum absolute atomic E-state index is 0.294. The van der Waals surface area contributed by atoms with Crippen molar-refractivity contribution in [3.63, 3.8) is 0 Å². The van der Waals surface area contributed by atoms with Crippen molar-refractivity contribution in [2.24, 2.45) is 11.3 Å². The summed E-state index contributed by atoms with van der Waals surface area (Å²) in [4.78, 5) is 2.45. The molecule has 1 N–H and O–H groups in total. The average Bonchev–Trinajstić information content (AvgIpc) is 3.01. The molecule has 20 heavy (non-hydrogen) atoms. The third-order valence-corrected chi connectivity index (χ3v) is 4.38. The van der Waals surface area contributed by atoms with E-state index in [4.69, 9.17) is 9.47 Å². The molecule has 0 bridgehead atoms. The lowest BCUT2D eigenvalue weighted by atomic mass is 9.86. The quantitative estimate of drug-likeness (QED) is 0.736. The third-order valence-electron chi connectivity index (χ3n) is 4.38. The van der Waals surface area contributed by atoms with Crippen LogP contribution < -0.4 is 5.32 Å². The molecule has 0 aliphatic carbocycles. The van der Waals surface area contributed by atoms with Crippen LogP contribution in [0.1, 0.15) is 33.1 Å². The first kappa shape index (κ1) is 16.2. The summed E-state index contributed by atoms with van der Waals surface area (Å²) in [5.41, 5.74) is 0.294. The van der Waals surface area contributed by atoms with Crippen molar-refractivity contribution in [1.29, 1.82) is 0 Å². The first-order chi connectivity index (χ1) is 9.60. The summed E-state index contributed by atoms with van der Waals surface area (Å²) in [5.74, 6) is 0.707. The van der Waals surface area contributed by atoms with Gasteiger partial charge in [-0.3, -0.25) is 0 Å². The molecule has 0 radical (unpaired) electrons. The molecule has 0 saturated carbocycles. The summed E-state index contributed by atoms with van der Waals surface area (Å²) in [7, 11) is 2.23. The molecule has 2 rings (SSSR count). The summed E-state index contributed by atoms with van der Waals surface area (Å²) in [6, 6.07) is 0. The van der Waals surface area contributed by atoms with Crippen molar-refractivity contribution in [3.05, 3.63) is 0 Å². The Bertz CT molecular complexity index is 272.